The van der Waals surface area contributed by atoms with Gasteiger partial charge in [-0.2, -0.15) is 5.10 Å². The van der Waals surface area contributed by atoms with Crippen LogP contribution in [0.3, 0.4) is 0 Å². The molecule has 1 aliphatic heterocycles. The number of hydrogen-bond acceptors (Lipinski definition) is 5. The molecule has 0 aromatic carbocycles. The van der Waals surface area contributed by atoms with Crippen LogP contribution in [0.4, 0.5) is 0 Å². The van der Waals surface area contributed by atoms with E-state index in [0.717, 1.165) is 5.82 Å². The molecule has 90 valence electrons. The molecular formula is C10H18N4O2. The molecule has 1 aromatic heterocycles. The molecule has 0 spiro atoms. The molecule has 0 bridgehead atoms. The Labute approximate surface area is 94.5 Å². The zero-order valence-corrected chi connectivity index (χ0v) is 9.61. The molecular weight excluding hydrogens is 208 g/mol. The fraction of sp³-hybridized carbons (Fsp3) is 0.800. The van der Waals surface area contributed by atoms with Gasteiger partial charge in [-0.3, -0.25) is 4.90 Å². The van der Waals surface area contributed by atoms with E-state index in [1.165, 1.54) is 6.33 Å². The highest BCUT2D eigenvalue weighted by molar-refractivity contribution is 4.91. The molecule has 2 atom stereocenters. The standard InChI is InChI=1S/C10H18N4O2/c1-7(2)14-10(11-6-12-14)5-13-3-8(15)9(16)4-13/h6-9,15-16H,3-5H2,1-2H3. The van der Waals surface area contributed by atoms with E-state index in [9.17, 15) is 10.2 Å². The number of rotatable bonds is 3. The van der Waals surface area contributed by atoms with Crippen LogP contribution >= 0.6 is 0 Å². The Morgan fingerprint density at radius 1 is 1.38 bits per heavy atom. The van der Waals surface area contributed by atoms with Crippen LogP contribution in [-0.2, 0) is 6.54 Å². The molecule has 6 nitrogen and oxygen atoms in total. The van der Waals surface area contributed by atoms with Gasteiger partial charge in [-0.05, 0) is 13.8 Å². The summed E-state index contributed by atoms with van der Waals surface area (Å²) in [5.74, 6) is 0.872. The van der Waals surface area contributed by atoms with Gasteiger partial charge < -0.3 is 10.2 Å². The molecule has 6 heteroatoms. The quantitative estimate of drug-likeness (QED) is 0.719. The maximum atomic E-state index is 9.44. The summed E-state index contributed by atoms with van der Waals surface area (Å²) in [6.07, 6.45) is 0.254. The lowest BCUT2D eigenvalue weighted by Gasteiger charge is -2.16. The van der Waals surface area contributed by atoms with E-state index in [0.29, 0.717) is 19.6 Å². The summed E-state index contributed by atoms with van der Waals surface area (Å²) >= 11 is 0. The molecule has 0 aliphatic carbocycles. The first-order valence-electron chi connectivity index (χ1n) is 5.54. The highest BCUT2D eigenvalue weighted by atomic mass is 16.3. The summed E-state index contributed by atoms with van der Waals surface area (Å²) in [6, 6.07) is 0.273. The van der Waals surface area contributed by atoms with E-state index >= 15 is 0 Å². The van der Waals surface area contributed by atoms with E-state index in [1.807, 2.05) is 23.4 Å². The Morgan fingerprint density at radius 3 is 2.56 bits per heavy atom. The first kappa shape index (κ1) is 11.5. The normalized spacial score (nSPS) is 26.8. The molecule has 16 heavy (non-hydrogen) atoms. The van der Waals surface area contributed by atoms with Crippen molar-refractivity contribution < 1.29 is 10.2 Å². The van der Waals surface area contributed by atoms with E-state index in [2.05, 4.69) is 10.1 Å². The number of aromatic nitrogens is 3. The number of likely N-dealkylation sites (tertiary alicyclic amines) is 1. The van der Waals surface area contributed by atoms with Gasteiger partial charge in [0, 0.05) is 19.1 Å². The Kier molecular flexibility index (Phi) is 3.22. The summed E-state index contributed by atoms with van der Waals surface area (Å²) in [5, 5.41) is 23.0. The van der Waals surface area contributed by atoms with Crippen molar-refractivity contribution in [3.05, 3.63) is 12.2 Å². The van der Waals surface area contributed by atoms with Crippen LogP contribution < -0.4 is 0 Å². The Bertz CT molecular complexity index is 342. The number of aliphatic hydroxyl groups is 2. The summed E-state index contributed by atoms with van der Waals surface area (Å²) in [7, 11) is 0. The molecule has 2 unspecified atom stereocenters. The molecule has 1 aromatic rings. The minimum Gasteiger partial charge on any atom is -0.389 e. The van der Waals surface area contributed by atoms with Crippen LogP contribution in [0.5, 0.6) is 0 Å². The average molecular weight is 226 g/mol. The lowest BCUT2D eigenvalue weighted by atomic mass is 10.3. The molecule has 0 amide bonds. The SMILES string of the molecule is CC(C)n1ncnc1CN1CC(O)C(O)C1. The van der Waals surface area contributed by atoms with Gasteiger partial charge in [-0.1, -0.05) is 0 Å². The van der Waals surface area contributed by atoms with Crippen LogP contribution in [0.2, 0.25) is 0 Å². The third-order valence-corrected chi connectivity index (χ3v) is 2.84. The Hall–Kier alpha value is -0.980. The average Bonchev–Trinajstić information content (AvgIpc) is 2.75. The molecule has 0 radical (unpaired) electrons. The second kappa shape index (κ2) is 4.48. The summed E-state index contributed by atoms with van der Waals surface area (Å²) in [4.78, 5) is 6.18. The monoisotopic (exact) mass is 226 g/mol. The van der Waals surface area contributed by atoms with E-state index in [1.54, 1.807) is 0 Å². The third-order valence-electron chi connectivity index (χ3n) is 2.84. The summed E-state index contributed by atoms with van der Waals surface area (Å²) in [6.45, 7) is 5.70. The summed E-state index contributed by atoms with van der Waals surface area (Å²) in [5.41, 5.74) is 0. The highest BCUT2D eigenvalue weighted by Crippen LogP contribution is 2.14. The van der Waals surface area contributed by atoms with Crippen molar-refractivity contribution in [2.45, 2.75) is 38.6 Å². The van der Waals surface area contributed by atoms with E-state index in [4.69, 9.17) is 0 Å². The Morgan fingerprint density at radius 2 is 2.00 bits per heavy atom. The van der Waals surface area contributed by atoms with Gasteiger partial charge in [0.2, 0.25) is 0 Å². The third kappa shape index (κ3) is 2.23. The van der Waals surface area contributed by atoms with Crippen molar-refractivity contribution in [2.75, 3.05) is 13.1 Å². The van der Waals surface area contributed by atoms with E-state index in [-0.39, 0.29) is 6.04 Å². The molecule has 1 saturated heterocycles. The maximum Gasteiger partial charge on any atom is 0.141 e. The predicted molar refractivity (Wildman–Crippen MR) is 57.7 cm³/mol. The van der Waals surface area contributed by atoms with Crippen molar-refractivity contribution in [1.29, 1.82) is 0 Å². The zero-order valence-electron chi connectivity index (χ0n) is 9.61. The van der Waals surface area contributed by atoms with Gasteiger partial charge >= 0.3 is 0 Å². The lowest BCUT2D eigenvalue weighted by Crippen LogP contribution is -2.24. The smallest absolute Gasteiger partial charge is 0.141 e. The van der Waals surface area contributed by atoms with Gasteiger partial charge in [0.1, 0.15) is 12.2 Å². The fourth-order valence-corrected chi connectivity index (χ4v) is 1.99. The van der Waals surface area contributed by atoms with Crippen LogP contribution in [0.25, 0.3) is 0 Å². The van der Waals surface area contributed by atoms with Crippen molar-refractivity contribution >= 4 is 0 Å². The second-order valence-corrected chi connectivity index (χ2v) is 4.54. The minimum atomic E-state index is -0.643. The van der Waals surface area contributed by atoms with Gasteiger partial charge in [0.05, 0.1) is 18.8 Å². The Balaban J connectivity index is 2.02. The predicted octanol–water partition coefficient (Wildman–Crippen LogP) is -0.604. The van der Waals surface area contributed by atoms with Crippen molar-refractivity contribution in [1.82, 2.24) is 19.7 Å². The number of aliphatic hydroxyl groups excluding tert-OH is 2. The number of nitrogens with zero attached hydrogens (tertiary/aromatic N) is 4. The van der Waals surface area contributed by atoms with Gasteiger partial charge in [0.15, 0.2) is 0 Å². The molecule has 1 fully saturated rings. The van der Waals surface area contributed by atoms with Crippen LogP contribution in [0, 0.1) is 0 Å². The first-order chi connectivity index (χ1) is 7.58. The van der Waals surface area contributed by atoms with Crippen molar-refractivity contribution in [3.8, 4) is 0 Å². The molecule has 1 aliphatic rings. The van der Waals surface area contributed by atoms with Crippen molar-refractivity contribution in [2.24, 2.45) is 0 Å². The van der Waals surface area contributed by atoms with Crippen LogP contribution in [-0.4, -0.2) is 55.2 Å². The molecule has 0 saturated carbocycles. The molecule has 2 heterocycles. The van der Waals surface area contributed by atoms with Gasteiger partial charge in [-0.15, -0.1) is 0 Å². The largest absolute Gasteiger partial charge is 0.389 e. The summed E-state index contributed by atoms with van der Waals surface area (Å²) < 4.78 is 1.86. The maximum absolute atomic E-state index is 9.44. The second-order valence-electron chi connectivity index (χ2n) is 4.54. The first-order valence-corrected chi connectivity index (χ1v) is 5.54. The fourth-order valence-electron chi connectivity index (χ4n) is 1.99. The minimum absolute atomic E-state index is 0.273. The highest BCUT2D eigenvalue weighted by Gasteiger charge is 2.30. The molecule has 2 N–H and O–H groups in total. The van der Waals surface area contributed by atoms with Crippen molar-refractivity contribution in [3.63, 3.8) is 0 Å². The topological polar surface area (TPSA) is 74.4 Å². The van der Waals surface area contributed by atoms with E-state index < -0.39 is 12.2 Å². The van der Waals surface area contributed by atoms with Crippen LogP contribution in [0.15, 0.2) is 6.33 Å². The number of β-amino-alcohol motifs (C(OH)–C–C–N with tert-alkyl or cyclic N) is 2. The lowest BCUT2D eigenvalue weighted by molar-refractivity contribution is 0.0572. The van der Waals surface area contributed by atoms with Crippen LogP contribution in [0.1, 0.15) is 25.7 Å². The molecule has 2 rings (SSSR count). The zero-order chi connectivity index (χ0) is 11.7. The van der Waals surface area contributed by atoms with Gasteiger partial charge in [-0.25, -0.2) is 9.67 Å². The van der Waals surface area contributed by atoms with Gasteiger partial charge in [0.25, 0.3) is 0 Å². The number of hydrogen-bond donors (Lipinski definition) is 2.